The van der Waals surface area contributed by atoms with E-state index in [1.54, 1.807) is 11.9 Å². The molecule has 0 radical (unpaired) electrons. The maximum atomic E-state index is 13.7. The Hall–Kier alpha value is -2.17. The van der Waals surface area contributed by atoms with Gasteiger partial charge in [0.15, 0.2) is 23.3 Å². The third-order valence-electron chi connectivity index (χ3n) is 2.97. The average Bonchev–Trinajstić information content (AvgIpc) is 2.36. The normalized spacial score (nSPS) is 10.5. The maximum absolute atomic E-state index is 13.7. The standard InChI is InChI=1S/C14H15F2N3/c1-9-5-3-4-6-10(9)8-19(2)14-12(16)7-11(15)13(17)18-14/h3-7H,8H2,1-2H3,(H2,17,18). The molecule has 0 amide bonds. The fraction of sp³-hybridized carbons (Fsp3) is 0.214. The Morgan fingerprint density at radius 2 is 1.89 bits per heavy atom. The molecule has 0 atom stereocenters. The quantitative estimate of drug-likeness (QED) is 0.925. The lowest BCUT2D eigenvalue weighted by Crippen LogP contribution is -2.20. The minimum Gasteiger partial charge on any atom is -0.381 e. The summed E-state index contributed by atoms with van der Waals surface area (Å²) in [6.07, 6.45) is 0. The molecule has 0 aliphatic rings. The molecule has 1 heterocycles. The van der Waals surface area contributed by atoms with E-state index in [2.05, 4.69) is 4.98 Å². The first-order chi connectivity index (χ1) is 8.99. The van der Waals surface area contributed by atoms with Gasteiger partial charge in [-0.2, -0.15) is 0 Å². The minimum atomic E-state index is -0.842. The number of hydrogen-bond donors (Lipinski definition) is 1. The molecule has 0 saturated carbocycles. The minimum absolute atomic E-state index is 0.0437. The summed E-state index contributed by atoms with van der Waals surface area (Å²) in [6.45, 7) is 2.45. The van der Waals surface area contributed by atoms with Crippen molar-refractivity contribution in [1.29, 1.82) is 0 Å². The molecule has 5 heteroatoms. The van der Waals surface area contributed by atoms with Gasteiger partial charge in [-0.3, -0.25) is 0 Å². The van der Waals surface area contributed by atoms with Gasteiger partial charge in [-0.25, -0.2) is 13.8 Å². The molecule has 3 nitrogen and oxygen atoms in total. The van der Waals surface area contributed by atoms with E-state index in [-0.39, 0.29) is 11.6 Å². The first-order valence-corrected chi connectivity index (χ1v) is 5.86. The summed E-state index contributed by atoms with van der Waals surface area (Å²) in [5.74, 6) is -1.82. The van der Waals surface area contributed by atoms with E-state index in [9.17, 15) is 8.78 Å². The van der Waals surface area contributed by atoms with Crippen LogP contribution in [-0.2, 0) is 6.54 Å². The van der Waals surface area contributed by atoms with E-state index in [4.69, 9.17) is 5.73 Å². The number of halogens is 2. The lowest BCUT2D eigenvalue weighted by molar-refractivity contribution is 0.574. The Labute approximate surface area is 110 Å². The van der Waals surface area contributed by atoms with E-state index in [1.807, 2.05) is 31.2 Å². The number of nitrogens with zero attached hydrogens (tertiary/aromatic N) is 2. The van der Waals surface area contributed by atoms with Crippen LogP contribution >= 0.6 is 0 Å². The van der Waals surface area contributed by atoms with E-state index in [1.165, 1.54) is 0 Å². The molecule has 2 N–H and O–H groups in total. The zero-order chi connectivity index (χ0) is 14.0. The second kappa shape index (κ2) is 5.22. The first-order valence-electron chi connectivity index (χ1n) is 5.86. The highest BCUT2D eigenvalue weighted by Gasteiger charge is 2.14. The molecule has 1 aromatic heterocycles. The third-order valence-corrected chi connectivity index (χ3v) is 2.97. The number of pyridine rings is 1. The van der Waals surface area contributed by atoms with Gasteiger partial charge in [-0.15, -0.1) is 0 Å². The zero-order valence-electron chi connectivity index (χ0n) is 10.8. The molecule has 0 saturated heterocycles. The number of anilines is 2. The van der Waals surface area contributed by atoms with Crippen molar-refractivity contribution in [3.8, 4) is 0 Å². The molecule has 2 aromatic rings. The predicted molar refractivity (Wildman–Crippen MR) is 71.9 cm³/mol. The number of rotatable bonds is 3. The van der Waals surface area contributed by atoms with Gasteiger partial charge in [0.2, 0.25) is 0 Å². The van der Waals surface area contributed by atoms with E-state index in [0.717, 1.165) is 17.2 Å². The number of aromatic nitrogens is 1. The molecule has 0 unspecified atom stereocenters. The molecule has 0 spiro atoms. The fourth-order valence-electron chi connectivity index (χ4n) is 1.86. The number of nitrogens with two attached hydrogens (primary N) is 1. The van der Waals surface area contributed by atoms with Gasteiger partial charge in [-0.1, -0.05) is 24.3 Å². The molecule has 19 heavy (non-hydrogen) atoms. The number of benzene rings is 1. The molecular weight excluding hydrogens is 248 g/mol. The van der Waals surface area contributed by atoms with Crippen LogP contribution in [0.25, 0.3) is 0 Å². The maximum Gasteiger partial charge on any atom is 0.168 e. The van der Waals surface area contributed by atoms with Gasteiger partial charge in [0, 0.05) is 19.7 Å². The van der Waals surface area contributed by atoms with Crippen LogP contribution in [0.5, 0.6) is 0 Å². The third kappa shape index (κ3) is 2.81. The van der Waals surface area contributed by atoms with Crippen molar-refractivity contribution in [2.45, 2.75) is 13.5 Å². The zero-order valence-corrected chi connectivity index (χ0v) is 10.8. The van der Waals surface area contributed by atoms with Crippen LogP contribution in [0.2, 0.25) is 0 Å². The Balaban J connectivity index is 2.28. The van der Waals surface area contributed by atoms with Gasteiger partial charge in [0.05, 0.1) is 0 Å². The van der Waals surface area contributed by atoms with Gasteiger partial charge in [-0.05, 0) is 18.1 Å². The Morgan fingerprint density at radius 1 is 1.21 bits per heavy atom. The Bertz CT molecular complexity index is 599. The molecule has 0 aliphatic carbocycles. The van der Waals surface area contributed by atoms with Crippen molar-refractivity contribution in [2.24, 2.45) is 0 Å². The summed E-state index contributed by atoms with van der Waals surface area (Å²) in [7, 11) is 1.69. The van der Waals surface area contributed by atoms with Gasteiger partial charge in [0.1, 0.15) is 0 Å². The van der Waals surface area contributed by atoms with Crippen molar-refractivity contribution < 1.29 is 8.78 Å². The van der Waals surface area contributed by atoms with Gasteiger partial charge in [0.25, 0.3) is 0 Å². The monoisotopic (exact) mass is 263 g/mol. The smallest absolute Gasteiger partial charge is 0.168 e. The van der Waals surface area contributed by atoms with Gasteiger partial charge < -0.3 is 10.6 Å². The molecule has 100 valence electrons. The van der Waals surface area contributed by atoms with E-state index in [0.29, 0.717) is 6.54 Å². The molecule has 0 bridgehead atoms. The molecule has 2 rings (SSSR count). The molecule has 0 aliphatic heterocycles. The Kier molecular flexibility index (Phi) is 3.64. The van der Waals surface area contributed by atoms with Crippen LogP contribution in [0, 0.1) is 18.6 Å². The number of nitrogen functional groups attached to an aromatic ring is 1. The van der Waals surface area contributed by atoms with Crippen LogP contribution in [0.4, 0.5) is 20.4 Å². The largest absolute Gasteiger partial charge is 0.381 e. The Morgan fingerprint density at radius 3 is 2.58 bits per heavy atom. The highest BCUT2D eigenvalue weighted by molar-refractivity contribution is 5.47. The number of hydrogen-bond acceptors (Lipinski definition) is 3. The summed E-state index contributed by atoms with van der Waals surface area (Å²) >= 11 is 0. The second-order valence-corrected chi connectivity index (χ2v) is 4.44. The summed E-state index contributed by atoms with van der Waals surface area (Å²) in [6, 6.07) is 8.54. The second-order valence-electron chi connectivity index (χ2n) is 4.44. The van der Waals surface area contributed by atoms with Crippen molar-refractivity contribution in [3.63, 3.8) is 0 Å². The molecule has 0 fully saturated rings. The molecular formula is C14H15F2N3. The van der Waals surface area contributed by atoms with Crippen molar-refractivity contribution >= 4 is 11.6 Å². The summed E-state index contributed by atoms with van der Waals surface area (Å²) < 4.78 is 26.8. The average molecular weight is 263 g/mol. The number of aryl methyl sites for hydroxylation is 1. The van der Waals surface area contributed by atoms with Crippen LogP contribution in [0.3, 0.4) is 0 Å². The van der Waals surface area contributed by atoms with Crippen LogP contribution in [0.15, 0.2) is 30.3 Å². The predicted octanol–water partition coefficient (Wildman–Crippen LogP) is 2.89. The summed E-state index contributed by atoms with van der Waals surface area (Å²) in [5, 5.41) is 0. The van der Waals surface area contributed by atoms with Crippen molar-refractivity contribution in [3.05, 3.63) is 53.1 Å². The highest BCUT2D eigenvalue weighted by atomic mass is 19.1. The first kappa shape index (κ1) is 13.3. The van der Waals surface area contributed by atoms with Crippen LogP contribution in [0.1, 0.15) is 11.1 Å². The summed E-state index contributed by atoms with van der Waals surface area (Å²) in [5.41, 5.74) is 7.52. The van der Waals surface area contributed by atoms with Crippen molar-refractivity contribution in [2.75, 3.05) is 17.7 Å². The van der Waals surface area contributed by atoms with Crippen molar-refractivity contribution in [1.82, 2.24) is 4.98 Å². The summed E-state index contributed by atoms with van der Waals surface area (Å²) in [4.78, 5) is 5.36. The van der Waals surface area contributed by atoms with Crippen LogP contribution < -0.4 is 10.6 Å². The topological polar surface area (TPSA) is 42.2 Å². The van der Waals surface area contributed by atoms with Gasteiger partial charge >= 0.3 is 0 Å². The SMILES string of the molecule is Cc1ccccc1CN(C)c1nc(N)c(F)cc1F. The van der Waals surface area contributed by atoms with E-state index >= 15 is 0 Å². The highest BCUT2D eigenvalue weighted by Crippen LogP contribution is 2.21. The van der Waals surface area contributed by atoms with Crippen LogP contribution in [-0.4, -0.2) is 12.0 Å². The van der Waals surface area contributed by atoms with E-state index < -0.39 is 11.6 Å². The molecule has 1 aromatic carbocycles. The fourth-order valence-corrected chi connectivity index (χ4v) is 1.86. The lowest BCUT2D eigenvalue weighted by Gasteiger charge is -2.20. The lowest BCUT2D eigenvalue weighted by atomic mass is 10.1.